The van der Waals surface area contributed by atoms with Crippen molar-refractivity contribution >= 4 is 23.1 Å². The number of piperidine rings is 1. The van der Waals surface area contributed by atoms with Crippen LogP contribution in [0, 0.1) is 0 Å². The molecule has 1 saturated carbocycles. The monoisotopic (exact) mass is 539 g/mol. The summed E-state index contributed by atoms with van der Waals surface area (Å²) in [7, 11) is 0. The van der Waals surface area contributed by atoms with Crippen LogP contribution in [0.15, 0.2) is 54.7 Å². The molecule has 2 aliphatic rings. The number of hydrogen-bond donors (Lipinski definition) is 2. The first-order valence-corrected chi connectivity index (χ1v) is 14.1. The van der Waals surface area contributed by atoms with Gasteiger partial charge in [0.05, 0.1) is 5.56 Å². The first kappa shape index (κ1) is 26.3. The van der Waals surface area contributed by atoms with E-state index in [4.69, 9.17) is 20.4 Å². The Morgan fingerprint density at radius 3 is 2.45 bits per heavy atom. The van der Waals surface area contributed by atoms with E-state index in [0.29, 0.717) is 11.7 Å². The van der Waals surface area contributed by atoms with Gasteiger partial charge in [0.2, 0.25) is 0 Å². The van der Waals surface area contributed by atoms with Crippen LogP contribution in [0.2, 0.25) is 0 Å². The van der Waals surface area contributed by atoms with Crippen molar-refractivity contribution in [3.05, 3.63) is 66.0 Å². The van der Waals surface area contributed by atoms with Gasteiger partial charge in [0.15, 0.2) is 11.5 Å². The van der Waals surface area contributed by atoms with Gasteiger partial charge in [-0.1, -0.05) is 12.1 Å². The van der Waals surface area contributed by atoms with E-state index < -0.39 is 5.60 Å². The lowest BCUT2D eigenvalue weighted by atomic mass is 10.0. The molecule has 1 aliphatic heterocycles. The first-order valence-electron chi connectivity index (χ1n) is 14.1. The standard InChI is InChI=1S/C31H37N7O2/c1-31(2,3)40-30(39)34-22-14-17-37(18-15-22)19-20-6-10-23(11-7-20)38-28(24-5-4-16-33-27(24)32)36-26-13-12-25(21-8-9-21)35-29(26)38/h4-7,10-13,16,21-22H,8-9,14-15,17-19H2,1-3H3,(H2,32,33)(H,34,39). The summed E-state index contributed by atoms with van der Waals surface area (Å²) in [5, 5.41) is 3.02. The summed E-state index contributed by atoms with van der Waals surface area (Å²) in [6, 6.07) is 16.8. The molecule has 1 saturated heterocycles. The predicted molar refractivity (Wildman–Crippen MR) is 156 cm³/mol. The van der Waals surface area contributed by atoms with Crippen LogP contribution in [0.25, 0.3) is 28.2 Å². The SMILES string of the molecule is CC(C)(C)OC(=O)NC1CCN(Cc2ccc(-n3c(-c4cccnc4N)nc4ccc(C5CC5)nc43)cc2)CC1. The Bertz CT molecular complexity index is 1510. The lowest BCUT2D eigenvalue weighted by Crippen LogP contribution is -2.45. The van der Waals surface area contributed by atoms with E-state index in [1.165, 1.54) is 18.4 Å². The van der Waals surface area contributed by atoms with Crippen LogP contribution in [0.4, 0.5) is 10.6 Å². The van der Waals surface area contributed by atoms with E-state index in [2.05, 4.69) is 56.2 Å². The smallest absolute Gasteiger partial charge is 0.407 e. The summed E-state index contributed by atoms with van der Waals surface area (Å²) in [4.78, 5) is 28.8. The largest absolute Gasteiger partial charge is 0.444 e. The summed E-state index contributed by atoms with van der Waals surface area (Å²) >= 11 is 0. The third kappa shape index (κ3) is 5.79. The lowest BCUT2D eigenvalue weighted by Gasteiger charge is -2.32. The number of pyridine rings is 2. The number of nitrogens with one attached hydrogen (secondary N) is 1. The molecule has 4 heterocycles. The molecule has 0 bridgehead atoms. The van der Waals surface area contributed by atoms with Crippen molar-refractivity contribution in [3.63, 3.8) is 0 Å². The number of hydrogen-bond acceptors (Lipinski definition) is 7. The van der Waals surface area contributed by atoms with Gasteiger partial charge >= 0.3 is 6.09 Å². The molecular formula is C31H37N7O2. The maximum absolute atomic E-state index is 12.1. The minimum atomic E-state index is -0.485. The molecule has 0 unspecified atom stereocenters. The number of likely N-dealkylation sites (tertiary alicyclic amines) is 1. The molecule has 9 nitrogen and oxygen atoms in total. The van der Waals surface area contributed by atoms with Gasteiger partial charge in [0.1, 0.15) is 16.9 Å². The summed E-state index contributed by atoms with van der Waals surface area (Å²) < 4.78 is 7.51. The zero-order chi connectivity index (χ0) is 27.9. The van der Waals surface area contributed by atoms with Gasteiger partial charge in [-0.05, 0) is 88.4 Å². The van der Waals surface area contributed by atoms with E-state index >= 15 is 0 Å². The number of rotatable bonds is 6. The average Bonchev–Trinajstić information content (AvgIpc) is 3.70. The van der Waals surface area contributed by atoms with Crippen LogP contribution < -0.4 is 11.1 Å². The molecule has 0 radical (unpaired) electrons. The molecule has 208 valence electrons. The Labute approximate surface area is 234 Å². The molecule has 40 heavy (non-hydrogen) atoms. The number of ether oxygens (including phenoxy) is 1. The van der Waals surface area contributed by atoms with E-state index in [-0.39, 0.29) is 12.1 Å². The quantitative estimate of drug-likeness (QED) is 0.336. The number of nitrogens with two attached hydrogens (primary N) is 1. The topological polar surface area (TPSA) is 111 Å². The highest BCUT2D eigenvalue weighted by Crippen LogP contribution is 2.40. The second kappa shape index (κ2) is 10.5. The molecule has 0 atom stereocenters. The van der Waals surface area contributed by atoms with E-state index in [1.807, 2.05) is 32.9 Å². The second-order valence-corrected chi connectivity index (χ2v) is 11.9. The fourth-order valence-corrected chi connectivity index (χ4v) is 5.33. The predicted octanol–water partition coefficient (Wildman–Crippen LogP) is 5.43. The Morgan fingerprint density at radius 2 is 1.77 bits per heavy atom. The normalized spacial score (nSPS) is 16.8. The maximum atomic E-state index is 12.1. The van der Waals surface area contributed by atoms with E-state index in [9.17, 15) is 4.79 Å². The third-order valence-corrected chi connectivity index (χ3v) is 7.51. The van der Waals surface area contributed by atoms with Crippen LogP contribution in [0.1, 0.15) is 63.6 Å². The lowest BCUT2D eigenvalue weighted by molar-refractivity contribution is 0.0477. The summed E-state index contributed by atoms with van der Waals surface area (Å²) in [5.41, 5.74) is 11.6. The highest BCUT2D eigenvalue weighted by Gasteiger charge is 2.27. The number of nitrogen functional groups attached to an aromatic ring is 1. The third-order valence-electron chi connectivity index (χ3n) is 7.51. The van der Waals surface area contributed by atoms with Gasteiger partial charge in [0.25, 0.3) is 0 Å². The van der Waals surface area contributed by atoms with Crippen molar-refractivity contribution in [2.45, 2.75) is 70.6 Å². The summed E-state index contributed by atoms with van der Waals surface area (Å²) in [5.74, 6) is 1.74. The number of fused-ring (bicyclic) bond motifs is 1. The fraction of sp³-hybridized carbons (Fsp3) is 0.419. The number of alkyl carbamates (subject to hydrolysis) is 1. The van der Waals surface area contributed by atoms with Gasteiger partial charge in [-0.3, -0.25) is 9.47 Å². The van der Waals surface area contributed by atoms with Crippen molar-refractivity contribution in [1.82, 2.24) is 29.7 Å². The Morgan fingerprint density at radius 1 is 1.02 bits per heavy atom. The van der Waals surface area contributed by atoms with Gasteiger partial charge in [-0.15, -0.1) is 0 Å². The minimum absolute atomic E-state index is 0.148. The molecule has 2 fully saturated rings. The molecule has 1 aliphatic carbocycles. The number of aromatic nitrogens is 4. The minimum Gasteiger partial charge on any atom is -0.444 e. The highest BCUT2D eigenvalue weighted by atomic mass is 16.6. The molecule has 3 aromatic heterocycles. The van der Waals surface area contributed by atoms with Crippen molar-refractivity contribution in [3.8, 4) is 17.1 Å². The van der Waals surface area contributed by atoms with Gasteiger partial charge < -0.3 is 15.8 Å². The first-order chi connectivity index (χ1) is 19.2. The Kier molecular flexibility index (Phi) is 6.92. The number of amides is 1. The van der Waals surface area contributed by atoms with Gasteiger partial charge in [-0.2, -0.15) is 0 Å². The molecule has 1 aromatic carbocycles. The fourth-order valence-electron chi connectivity index (χ4n) is 5.33. The van der Waals surface area contributed by atoms with Crippen LogP contribution in [-0.4, -0.2) is 55.2 Å². The molecule has 9 heteroatoms. The second-order valence-electron chi connectivity index (χ2n) is 11.9. The molecule has 4 aromatic rings. The van der Waals surface area contributed by atoms with Crippen molar-refractivity contribution in [1.29, 1.82) is 0 Å². The molecule has 1 amide bonds. The number of nitrogens with zero attached hydrogens (tertiary/aromatic N) is 5. The maximum Gasteiger partial charge on any atom is 0.407 e. The van der Waals surface area contributed by atoms with Crippen molar-refractivity contribution in [2.24, 2.45) is 0 Å². The Balaban J connectivity index is 1.19. The van der Waals surface area contributed by atoms with Crippen LogP contribution in [0.5, 0.6) is 0 Å². The van der Waals surface area contributed by atoms with Crippen LogP contribution in [-0.2, 0) is 11.3 Å². The number of anilines is 1. The summed E-state index contributed by atoms with van der Waals surface area (Å²) in [6.45, 7) is 8.35. The summed E-state index contributed by atoms with van der Waals surface area (Å²) in [6.07, 6.45) is 5.56. The molecule has 3 N–H and O–H groups in total. The zero-order valence-electron chi connectivity index (χ0n) is 23.4. The van der Waals surface area contributed by atoms with Gasteiger partial charge in [0, 0.05) is 49.2 Å². The van der Waals surface area contributed by atoms with Crippen molar-refractivity contribution in [2.75, 3.05) is 18.8 Å². The molecule has 0 spiro atoms. The average molecular weight is 540 g/mol. The van der Waals surface area contributed by atoms with Gasteiger partial charge in [-0.25, -0.2) is 19.7 Å². The number of carbonyl (C=O) groups is 1. The van der Waals surface area contributed by atoms with Crippen LogP contribution in [0.3, 0.4) is 0 Å². The molecular weight excluding hydrogens is 502 g/mol. The van der Waals surface area contributed by atoms with E-state index in [0.717, 1.165) is 66.4 Å². The zero-order valence-corrected chi connectivity index (χ0v) is 23.4. The highest BCUT2D eigenvalue weighted by molar-refractivity contribution is 5.83. The Hall–Kier alpha value is -3.98. The van der Waals surface area contributed by atoms with E-state index in [1.54, 1.807) is 6.20 Å². The van der Waals surface area contributed by atoms with Crippen molar-refractivity contribution < 1.29 is 9.53 Å². The number of benzene rings is 1. The number of carbonyl (C=O) groups excluding carboxylic acids is 1. The number of imidazole rings is 1. The molecule has 6 rings (SSSR count). The van der Waals surface area contributed by atoms with Crippen LogP contribution >= 0.6 is 0 Å².